The van der Waals surface area contributed by atoms with E-state index in [0.717, 1.165) is 19.4 Å². The smallest absolute Gasteiger partial charge is 1.00 e. The van der Waals surface area contributed by atoms with Gasteiger partial charge in [0.2, 0.25) is 0 Å². The molecule has 1 heterocycles. The molecule has 0 saturated carbocycles. The summed E-state index contributed by atoms with van der Waals surface area (Å²) in [5, 5.41) is 0. The number of hydrogen-bond donors (Lipinski definition) is 0. The third-order valence-corrected chi connectivity index (χ3v) is 1.34. The second-order valence-corrected chi connectivity index (χ2v) is 2.00. The van der Waals surface area contributed by atoms with E-state index in [0.29, 0.717) is 0 Å². The van der Waals surface area contributed by atoms with Gasteiger partial charge in [-0.25, -0.2) is 0 Å². The van der Waals surface area contributed by atoms with Gasteiger partial charge in [0.1, 0.15) is 0 Å². The molecule has 1 aliphatic heterocycles. The average Bonchev–Trinajstić information content (AvgIpc) is 1.90. The molecule has 10 heavy (non-hydrogen) atoms. The Morgan fingerprint density at radius 3 is 2.40 bits per heavy atom. The van der Waals surface area contributed by atoms with Crippen LogP contribution in [0.2, 0.25) is 0 Å². The van der Waals surface area contributed by atoms with Crippen LogP contribution < -0.4 is 17.0 Å². The maximum Gasteiger partial charge on any atom is 2.00 e. The van der Waals surface area contributed by atoms with E-state index in [1.165, 1.54) is 6.42 Å². The van der Waals surface area contributed by atoms with Crippen LogP contribution in [0, 0.1) is 12.3 Å². The minimum absolute atomic E-state index is 0. The van der Waals surface area contributed by atoms with Crippen LogP contribution in [0.5, 0.6) is 0 Å². The molecule has 0 aromatic heterocycles. The molecule has 1 aliphatic rings. The molecule has 0 aromatic rings. The maximum absolute atomic E-state index is 6.72. The normalized spacial score (nSPS) is 23.3. The Balaban J connectivity index is 0. The second-order valence-electron chi connectivity index (χ2n) is 2.00. The molecule has 0 amide bonds. The first-order valence-electron chi connectivity index (χ1n) is 2.97. The Hall–Kier alpha value is 0.766. The van der Waals surface area contributed by atoms with E-state index in [1.54, 1.807) is 0 Å². The van der Waals surface area contributed by atoms with Crippen LogP contribution >= 0.6 is 0 Å². The fraction of sp³-hybridized carbons (Fsp3) is 0.714. The molecule has 0 N–H and O–H groups in total. The monoisotopic (exact) mass is 212 g/mol. The van der Waals surface area contributed by atoms with Crippen LogP contribution in [0.3, 0.4) is 0 Å². The van der Waals surface area contributed by atoms with Crippen LogP contribution in [0.4, 0.5) is 0 Å². The van der Waals surface area contributed by atoms with Gasteiger partial charge in [0.25, 0.3) is 0 Å². The average molecular weight is 213 g/mol. The molecule has 1 rings (SSSR count). The van der Waals surface area contributed by atoms with E-state index in [-0.39, 0.29) is 46.1 Å². The Kier molecular flexibility index (Phi) is 10.5. The minimum Gasteiger partial charge on any atom is -1.00 e. The summed E-state index contributed by atoms with van der Waals surface area (Å²) < 4.78 is 5.13. The zero-order chi connectivity index (χ0) is 5.82. The van der Waals surface area contributed by atoms with Crippen molar-refractivity contribution in [1.82, 2.24) is 0 Å². The molecular formula is C7H9BrMgO. The number of ether oxygens (including phenoxy) is 1. The van der Waals surface area contributed by atoms with Crippen molar-refractivity contribution in [3.05, 3.63) is 6.42 Å². The van der Waals surface area contributed by atoms with E-state index in [2.05, 4.69) is 5.92 Å². The van der Waals surface area contributed by atoms with Crippen LogP contribution in [0.1, 0.15) is 19.3 Å². The molecule has 0 radical (unpaired) electrons. The molecule has 3 heteroatoms. The van der Waals surface area contributed by atoms with Crippen molar-refractivity contribution in [2.24, 2.45) is 0 Å². The van der Waals surface area contributed by atoms with Gasteiger partial charge in [0, 0.05) is 6.61 Å². The van der Waals surface area contributed by atoms with Crippen molar-refractivity contribution >= 4 is 23.1 Å². The van der Waals surface area contributed by atoms with Gasteiger partial charge in [-0.05, 0) is 19.3 Å². The molecule has 0 bridgehead atoms. The third kappa shape index (κ3) is 4.56. The maximum atomic E-state index is 6.72. The summed E-state index contributed by atoms with van der Waals surface area (Å²) in [6.07, 6.45) is 10.1. The SMILES string of the molecule is [Br-].[C-]#CC1CCCCO1.[Mg+2]. The number of halogens is 1. The molecule has 0 aliphatic carbocycles. The first-order chi connectivity index (χ1) is 3.93. The van der Waals surface area contributed by atoms with Gasteiger partial charge in [-0.15, -0.1) is 0 Å². The summed E-state index contributed by atoms with van der Waals surface area (Å²) in [6, 6.07) is 0. The standard InChI is InChI=1S/C7H9O.BrH.Mg/c1-2-7-5-3-4-6-8-7;;/h7H,3-6H2;1H;/q-1;;+2/p-1. The van der Waals surface area contributed by atoms with Crippen molar-refractivity contribution in [3.8, 4) is 5.92 Å². The van der Waals surface area contributed by atoms with Gasteiger partial charge < -0.3 is 34.1 Å². The van der Waals surface area contributed by atoms with Crippen molar-refractivity contribution < 1.29 is 21.7 Å². The number of hydrogen-bond acceptors (Lipinski definition) is 1. The van der Waals surface area contributed by atoms with Gasteiger partial charge in [0.15, 0.2) is 0 Å². The van der Waals surface area contributed by atoms with Gasteiger partial charge in [-0.1, -0.05) is 0 Å². The summed E-state index contributed by atoms with van der Waals surface area (Å²) in [5.41, 5.74) is 0. The largest absolute Gasteiger partial charge is 2.00 e. The van der Waals surface area contributed by atoms with E-state index in [1.807, 2.05) is 0 Å². The van der Waals surface area contributed by atoms with Crippen molar-refractivity contribution in [3.63, 3.8) is 0 Å². The summed E-state index contributed by atoms with van der Waals surface area (Å²) in [7, 11) is 0. The topological polar surface area (TPSA) is 9.23 Å². The van der Waals surface area contributed by atoms with Gasteiger partial charge in [0.05, 0.1) is 6.10 Å². The van der Waals surface area contributed by atoms with Gasteiger partial charge in [-0.2, -0.15) is 0 Å². The zero-order valence-electron chi connectivity index (χ0n) is 5.90. The summed E-state index contributed by atoms with van der Waals surface area (Å²) in [5.74, 6) is 2.33. The van der Waals surface area contributed by atoms with Crippen LogP contribution in [0.15, 0.2) is 0 Å². The molecule has 0 aromatic carbocycles. The van der Waals surface area contributed by atoms with Crippen LogP contribution in [-0.4, -0.2) is 35.8 Å². The van der Waals surface area contributed by atoms with Crippen LogP contribution in [0.25, 0.3) is 0 Å². The predicted molar refractivity (Wildman–Crippen MR) is 36.5 cm³/mol. The summed E-state index contributed by atoms with van der Waals surface area (Å²) in [6.45, 7) is 0.816. The molecule has 1 saturated heterocycles. The quantitative estimate of drug-likeness (QED) is 0.251. The molecular weight excluding hydrogens is 204 g/mol. The first kappa shape index (κ1) is 13.4. The molecule has 1 atom stereocenters. The first-order valence-corrected chi connectivity index (χ1v) is 2.97. The Labute approximate surface area is 88.8 Å². The Morgan fingerprint density at radius 1 is 1.40 bits per heavy atom. The Morgan fingerprint density at radius 2 is 2.10 bits per heavy atom. The number of rotatable bonds is 0. The molecule has 1 nitrogen and oxygen atoms in total. The van der Waals surface area contributed by atoms with Crippen molar-refractivity contribution in [2.75, 3.05) is 6.61 Å². The third-order valence-electron chi connectivity index (χ3n) is 1.34. The van der Waals surface area contributed by atoms with Gasteiger partial charge in [-0.3, -0.25) is 0 Å². The molecule has 1 fully saturated rings. The van der Waals surface area contributed by atoms with Gasteiger partial charge >= 0.3 is 23.1 Å². The van der Waals surface area contributed by atoms with Crippen LogP contribution in [-0.2, 0) is 4.74 Å². The van der Waals surface area contributed by atoms with E-state index < -0.39 is 0 Å². The minimum atomic E-state index is 0. The molecule has 52 valence electrons. The second kappa shape index (κ2) is 7.87. The predicted octanol–water partition coefficient (Wildman–Crippen LogP) is -2.23. The summed E-state index contributed by atoms with van der Waals surface area (Å²) in [4.78, 5) is 0. The van der Waals surface area contributed by atoms with Crippen molar-refractivity contribution in [2.45, 2.75) is 25.4 Å². The molecule has 1 unspecified atom stereocenters. The Bertz CT molecular complexity index is 105. The van der Waals surface area contributed by atoms with E-state index in [9.17, 15) is 0 Å². The van der Waals surface area contributed by atoms with E-state index >= 15 is 0 Å². The van der Waals surface area contributed by atoms with E-state index in [4.69, 9.17) is 11.2 Å². The fourth-order valence-corrected chi connectivity index (χ4v) is 0.855. The molecule has 0 spiro atoms. The fourth-order valence-electron chi connectivity index (χ4n) is 0.855. The summed E-state index contributed by atoms with van der Waals surface area (Å²) >= 11 is 0. The van der Waals surface area contributed by atoms with Crippen molar-refractivity contribution in [1.29, 1.82) is 0 Å². The zero-order valence-corrected chi connectivity index (χ0v) is 8.90.